The minimum Gasteiger partial charge on any atom is -0.371 e. The Morgan fingerprint density at radius 2 is 1.66 bits per heavy atom. The third-order valence-corrected chi connectivity index (χ3v) is 5.11. The van der Waals surface area contributed by atoms with Crippen molar-refractivity contribution < 1.29 is 22.2 Å². The Hall–Kier alpha value is -2.63. The predicted octanol–water partition coefficient (Wildman–Crippen LogP) is 0.921. The van der Waals surface area contributed by atoms with Gasteiger partial charge in [0.25, 0.3) is 0 Å². The largest absolute Gasteiger partial charge is 0.380 e. The molecule has 2 rings (SSSR count). The molecule has 3 amide bonds. The normalized spacial score (nSPS) is 10.9. The average molecular weight is 441 g/mol. The van der Waals surface area contributed by atoms with E-state index < -0.39 is 10.3 Å². The summed E-state index contributed by atoms with van der Waals surface area (Å²) in [5.41, 5.74) is 0.898. The van der Waals surface area contributed by atoms with Crippen LogP contribution in [0.25, 0.3) is 0 Å². The zero-order valence-corrected chi connectivity index (χ0v) is 17.4. The fourth-order valence-corrected chi connectivity index (χ4v) is 3.47. The molecule has 1 heterocycles. The van der Waals surface area contributed by atoms with Gasteiger partial charge in [-0.15, -0.1) is 11.3 Å². The van der Waals surface area contributed by atoms with Gasteiger partial charge in [-0.3, -0.25) is 4.79 Å². The second-order valence-corrected chi connectivity index (χ2v) is 8.27. The molecule has 1 aromatic carbocycles. The molecule has 0 saturated heterocycles. The highest BCUT2D eigenvalue weighted by Crippen LogP contribution is 2.13. The van der Waals surface area contributed by atoms with Gasteiger partial charge in [0.2, 0.25) is 5.91 Å². The number of thiophene rings is 1. The van der Waals surface area contributed by atoms with E-state index >= 15 is 0 Å². The molecule has 29 heavy (non-hydrogen) atoms. The number of benzene rings is 1. The lowest BCUT2D eigenvalue weighted by Crippen LogP contribution is -2.38. The van der Waals surface area contributed by atoms with Crippen molar-refractivity contribution in [2.24, 2.45) is 5.14 Å². The highest BCUT2D eigenvalue weighted by Gasteiger charge is 2.06. The molecule has 158 valence electrons. The number of carbonyl (C=O) groups is 2. The molecule has 5 N–H and O–H groups in total. The monoisotopic (exact) mass is 440 g/mol. The van der Waals surface area contributed by atoms with Crippen LogP contribution in [0, 0.1) is 0 Å². The van der Waals surface area contributed by atoms with Crippen LogP contribution in [-0.4, -0.2) is 40.0 Å². The van der Waals surface area contributed by atoms with Gasteiger partial charge in [-0.2, -0.15) is 13.6 Å². The summed E-state index contributed by atoms with van der Waals surface area (Å²) in [6, 6.07) is 10.0. The van der Waals surface area contributed by atoms with Crippen LogP contribution in [0.1, 0.15) is 16.9 Å². The minimum absolute atomic E-state index is 0.125. The zero-order valence-electron chi connectivity index (χ0n) is 15.7. The van der Waals surface area contributed by atoms with Crippen LogP contribution in [0.5, 0.6) is 5.75 Å². The summed E-state index contributed by atoms with van der Waals surface area (Å²) in [6.45, 7) is 1.21. The van der Waals surface area contributed by atoms with Crippen LogP contribution in [0.3, 0.4) is 0 Å². The summed E-state index contributed by atoms with van der Waals surface area (Å²) in [4.78, 5) is 24.7. The Morgan fingerprint density at radius 1 is 0.966 bits per heavy atom. The van der Waals surface area contributed by atoms with Gasteiger partial charge in [0.15, 0.2) is 0 Å². The van der Waals surface area contributed by atoms with Crippen LogP contribution in [0.15, 0.2) is 41.8 Å². The number of hydrogen-bond acceptors (Lipinski definition) is 6. The van der Waals surface area contributed by atoms with Gasteiger partial charge < -0.3 is 20.1 Å². The molecule has 0 aliphatic carbocycles. The zero-order chi connectivity index (χ0) is 21.1. The second-order valence-electron chi connectivity index (χ2n) is 6.08. The number of nitrogens with one attached hydrogen (secondary N) is 3. The topological polar surface area (TPSA) is 140 Å². The first kappa shape index (κ1) is 22.7. The molecule has 0 saturated carbocycles. The summed E-state index contributed by atoms with van der Waals surface area (Å²) < 4.78 is 26.2. The van der Waals surface area contributed by atoms with E-state index in [2.05, 4.69) is 20.1 Å². The fraction of sp³-hybridized carbons (Fsp3) is 0.333. The second kappa shape index (κ2) is 11.4. The number of rotatable bonds is 11. The standard InChI is InChI=1S/C18H24N4O5S2/c19-29(25,26)27-15-5-3-14(4-6-15)7-10-20-17(23)9-12-22-18(24)21-11-8-16-2-1-13-28-16/h1-6,13H,7-12H2,(H,20,23)(H2,19,25,26)(H2,21,22,24). The highest BCUT2D eigenvalue weighted by atomic mass is 32.2. The molecule has 1 aromatic heterocycles. The summed E-state index contributed by atoms with van der Waals surface area (Å²) in [5.74, 6) is -0.0434. The van der Waals surface area contributed by atoms with Crippen molar-refractivity contribution in [1.82, 2.24) is 16.0 Å². The minimum atomic E-state index is -4.04. The molecular formula is C18H24N4O5S2. The molecule has 0 fully saturated rings. The lowest BCUT2D eigenvalue weighted by atomic mass is 10.1. The van der Waals surface area contributed by atoms with Crippen LogP contribution in [0.4, 0.5) is 4.79 Å². The van der Waals surface area contributed by atoms with E-state index in [1.807, 2.05) is 17.5 Å². The predicted molar refractivity (Wildman–Crippen MR) is 111 cm³/mol. The van der Waals surface area contributed by atoms with Gasteiger partial charge in [0.05, 0.1) is 0 Å². The van der Waals surface area contributed by atoms with Gasteiger partial charge in [-0.05, 0) is 42.0 Å². The third kappa shape index (κ3) is 9.92. The van der Waals surface area contributed by atoms with Crippen molar-refractivity contribution in [1.29, 1.82) is 0 Å². The summed E-state index contributed by atoms with van der Waals surface area (Å²) in [7, 11) is -4.04. The van der Waals surface area contributed by atoms with Crippen LogP contribution in [0.2, 0.25) is 0 Å². The molecule has 0 bridgehead atoms. The molecule has 0 atom stereocenters. The maximum absolute atomic E-state index is 11.8. The lowest BCUT2D eigenvalue weighted by molar-refractivity contribution is -0.120. The summed E-state index contributed by atoms with van der Waals surface area (Å²) in [5, 5.41) is 14.9. The summed E-state index contributed by atoms with van der Waals surface area (Å²) >= 11 is 1.64. The maximum atomic E-state index is 11.8. The van der Waals surface area contributed by atoms with Gasteiger partial charge in [-0.25, -0.2) is 4.79 Å². The maximum Gasteiger partial charge on any atom is 0.380 e. The van der Waals surface area contributed by atoms with Gasteiger partial charge >= 0.3 is 16.3 Å². The molecule has 0 radical (unpaired) electrons. The SMILES string of the molecule is NS(=O)(=O)Oc1ccc(CCNC(=O)CCNC(=O)NCCc2cccs2)cc1. The lowest BCUT2D eigenvalue weighted by Gasteiger charge is -2.08. The van der Waals surface area contributed by atoms with E-state index in [9.17, 15) is 18.0 Å². The number of urea groups is 1. The van der Waals surface area contributed by atoms with Crippen LogP contribution < -0.4 is 25.3 Å². The first-order valence-electron chi connectivity index (χ1n) is 8.94. The Labute approximate surface area is 173 Å². The molecule has 0 aliphatic rings. The number of carbonyl (C=O) groups excluding carboxylic acids is 2. The smallest absolute Gasteiger partial charge is 0.371 e. The van der Waals surface area contributed by atoms with Crippen molar-refractivity contribution in [3.8, 4) is 5.75 Å². The van der Waals surface area contributed by atoms with Crippen molar-refractivity contribution in [2.45, 2.75) is 19.3 Å². The van der Waals surface area contributed by atoms with Gasteiger partial charge in [-0.1, -0.05) is 18.2 Å². The van der Waals surface area contributed by atoms with Crippen molar-refractivity contribution in [3.63, 3.8) is 0 Å². The Bertz CT molecular complexity index is 883. The van der Waals surface area contributed by atoms with Crippen molar-refractivity contribution in [3.05, 3.63) is 52.2 Å². The Morgan fingerprint density at radius 3 is 2.31 bits per heavy atom. The molecule has 0 aliphatic heterocycles. The molecule has 0 spiro atoms. The Balaban J connectivity index is 1.54. The van der Waals surface area contributed by atoms with E-state index in [1.165, 1.54) is 17.0 Å². The molecule has 9 nitrogen and oxygen atoms in total. The van der Waals surface area contributed by atoms with Gasteiger partial charge in [0, 0.05) is 30.9 Å². The molecule has 0 unspecified atom stereocenters. The van der Waals surface area contributed by atoms with Crippen LogP contribution >= 0.6 is 11.3 Å². The third-order valence-electron chi connectivity index (χ3n) is 3.75. The highest BCUT2D eigenvalue weighted by molar-refractivity contribution is 7.84. The van der Waals surface area contributed by atoms with Crippen molar-refractivity contribution >= 4 is 33.6 Å². The first-order valence-corrected chi connectivity index (χ1v) is 11.3. The van der Waals surface area contributed by atoms with Gasteiger partial charge in [0.1, 0.15) is 5.75 Å². The van der Waals surface area contributed by atoms with Crippen LogP contribution in [-0.2, 0) is 27.9 Å². The quantitative estimate of drug-likeness (QED) is 0.411. The molecule has 2 aromatic rings. The number of nitrogens with two attached hydrogens (primary N) is 1. The van der Waals surface area contributed by atoms with E-state index in [0.29, 0.717) is 19.5 Å². The van der Waals surface area contributed by atoms with E-state index in [0.717, 1.165) is 12.0 Å². The Kier molecular flexibility index (Phi) is 8.90. The van der Waals surface area contributed by atoms with E-state index in [1.54, 1.807) is 23.5 Å². The summed E-state index contributed by atoms with van der Waals surface area (Å²) in [6.07, 6.45) is 1.53. The number of hydrogen-bond donors (Lipinski definition) is 4. The van der Waals surface area contributed by atoms with E-state index in [4.69, 9.17) is 5.14 Å². The fourth-order valence-electron chi connectivity index (χ4n) is 2.39. The molecular weight excluding hydrogens is 416 g/mol. The number of amides is 3. The van der Waals surface area contributed by atoms with E-state index in [-0.39, 0.29) is 30.7 Å². The average Bonchev–Trinajstić information content (AvgIpc) is 3.15. The van der Waals surface area contributed by atoms with Crippen molar-refractivity contribution in [2.75, 3.05) is 19.6 Å². The molecule has 11 heteroatoms. The first-order chi connectivity index (χ1) is 13.8.